The summed E-state index contributed by atoms with van der Waals surface area (Å²) in [6.45, 7) is 7.55. The van der Waals surface area contributed by atoms with Crippen LogP contribution in [0.2, 0.25) is 0 Å². The molecular formula is C18H21NO3S. The molecule has 0 saturated carbocycles. The average Bonchev–Trinajstić information content (AvgIpc) is 2.91. The second-order valence-electron chi connectivity index (χ2n) is 6.14. The number of nitrogens with one attached hydrogen (secondary N) is 1. The lowest BCUT2D eigenvalue weighted by atomic mass is 9.95. The second-order valence-corrected chi connectivity index (χ2v) is 7.02. The van der Waals surface area contributed by atoms with Gasteiger partial charge in [0.25, 0.3) is 0 Å². The van der Waals surface area contributed by atoms with Gasteiger partial charge < -0.3 is 10.1 Å². The summed E-state index contributed by atoms with van der Waals surface area (Å²) in [6, 6.07) is 9.60. The smallest absolute Gasteiger partial charge is 0.341 e. The Morgan fingerprint density at radius 2 is 1.83 bits per heavy atom. The SMILES string of the molecule is CCOC(=O)c1c(-c2ccccc2)csc1NC(=O)C(C)(C)C. The second kappa shape index (κ2) is 6.96. The van der Waals surface area contributed by atoms with Gasteiger partial charge in [0.15, 0.2) is 0 Å². The Balaban J connectivity index is 2.46. The van der Waals surface area contributed by atoms with Crippen LogP contribution in [-0.2, 0) is 9.53 Å². The summed E-state index contributed by atoms with van der Waals surface area (Å²) >= 11 is 1.34. The van der Waals surface area contributed by atoms with Gasteiger partial charge in [-0.3, -0.25) is 4.79 Å². The lowest BCUT2D eigenvalue weighted by Gasteiger charge is -2.17. The minimum atomic E-state index is -0.539. The van der Waals surface area contributed by atoms with E-state index in [4.69, 9.17) is 4.74 Å². The predicted molar refractivity (Wildman–Crippen MR) is 93.8 cm³/mol. The summed E-state index contributed by atoms with van der Waals surface area (Å²) in [6.07, 6.45) is 0. The monoisotopic (exact) mass is 331 g/mol. The van der Waals surface area contributed by atoms with E-state index in [2.05, 4.69) is 5.32 Å². The molecule has 0 aliphatic heterocycles. The van der Waals surface area contributed by atoms with Crippen LogP contribution in [0.15, 0.2) is 35.7 Å². The molecule has 1 N–H and O–H groups in total. The van der Waals surface area contributed by atoms with Crippen molar-refractivity contribution in [2.75, 3.05) is 11.9 Å². The highest BCUT2D eigenvalue weighted by molar-refractivity contribution is 7.15. The van der Waals surface area contributed by atoms with Crippen molar-refractivity contribution >= 4 is 28.2 Å². The zero-order valence-electron chi connectivity index (χ0n) is 13.8. The van der Waals surface area contributed by atoms with Gasteiger partial charge in [-0.05, 0) is 12.5 Å². The van der Waals surface area contributed by atoms with Gasteiger partial charge >= 0.3 is 5.97 Å². The number of ether oxygens (including phenoxy) is 1. The normalized spacial score (nSPS) is 11.1. The first kappa shape index (κ1) is 17.2. The summed E-state index contributed by atoms with van der Waals surface area (Å²) < 4.78 is 5.17. The molecule has 0 saturated heterocycles. The van der Waals surface area contributed by atoms with Crippen molar-refractivity contribution in [1.82, 2.24) is 0 Å². The molecule has 2 aromatic rings. The maximum Gasteiger partial charge on any atom is 0.341 e. The highest BCUT2D eigenvalue weighted by Gasteiger charge is 2.26. The van der Waals surface area contributed by atoms with Crippen molar-refractivity contribution in [2.45, 2.75) is 27.7 Å². The summed E-state index contributed by atoms with van der Waals surface area (Å²) in [5.74, 6) is -0.554. The van der Waals surface area contributed by atoms with Gasteiger partial charge in [-0.1, -0.05) is 51.1 Å². The van der Waals surface area contributed by atoms with Gasteiger partial charge in [0.2, 0.25) is 5.91 Å². The average molecular weight is 331 g/mol. The Kier molecular flexibility index (Phi) is 5.21. The summed E-state index contributed by atoms with van der Waals surface area (Å²) in [5.41, 5.74) is 1.57. The molecule has 1 aromatic carbocycles. The highest BCUT2D eigenvalue weighted by Crippen LogP contribution is 2.36. The zero-order chi connectivity index (χ0) is 17.0. The number of carbonyl (C=O) groups excluding carboxylic acids is 2. The van der Waals surface area contributed by atoms with Crippen LogP contribution in [0.3, 0.4) is 0 Å². The molecule has 5 heteroatoms. The fourth-order valence-corrected chi connectivity index (χ4v) is 2.93. The minimum absolute atomic E-state index is 0.135. The van der Waals surface area contributed by atoms with E-state index in [9.17, 15) is 9.59 Å². The number of hydrogen-bond donors (Lipinski definition) is 1. The van der Waals surface area contributed by atoms with Gasteiger partial charge in [-0.2, -0.15) is 0 Å². The number of amides is 1. The number of thiophene rings is 1. The van der Waals surface area contributed by atoms with Crippen molar-refractivity contribution in [3.05, 3.63) is 41.3 Å². The predicted octanol–water partition coefficient (Wildman–Crippen LogP) is 4.58. The van der Waals surface area contributed by atoms with Crippen LogP contribution in [0, 0.1) is 5.41 Å². The zero-order valence-corrected chi connectivity index (χ0v) is 14.6. The van der Waals surface area contributed by atoms with Gasteiger partial charge in [0, 0.05) is 16.4 Å². The largest absolute Gasteiger partial charge is 0.462 e. The van der Waals surface area contributed by atoms with Crippen molar-refractivity contribution in [2.24, 2.45) is 5.41 Å². The fraction of sp³-hybridized carbons (Fsp3) is 0.333. The van der Waals surface area contributed by atoms with Gasteiger partial charge in [-0.15, -0.1) is 11.3 Å². The molecular weight excluding hydrogens is 310 g/mol. The molecule has 1 aromatic heterocycles. The van der Waals surface area contributed by atoms with E-state index in [1.807, 2.05) is 56.5 Å². The lowest BCUT2D eigenvalue weighted by Crippen LogP contribution is -2.28. The third-order valence-corrected chi connectivity index (χ3v) is 4.16. The fourth-order valence-electron chi connectivity index (χ4n) is 1.98. The van der Waals surface area contributed by atoms with Crippen molar-refractivity contribution < 1.29 is 14.3 Å². The van der Waals surface area contributed by atoms with Crippen LogP contribution in [0.5, 0.6) is 0 Å². The van der Waals surface area contributed by atoms with E-state index in [1.54, 1.807) is 6.92 Å². The molecule has 1 amide bonds. The summed E-state index contributed by atoms with van der Waals surface area (Å²) in [7, 11) is 0. The topological polar surface area (TPSA) is 55.4 Å². The molecule has 122 valence electrons. The van der Waals surface area contributed by atoms with Crippen LogP contribution < -0.4 is 5.32 Å². The molecule has 0 aliphatic carbocycles. The number of benzene rings is 1. The first-order valence-electron chi connectivity index (χ1n) is 7.50. The third kappa shape index (κ3) is 3.99. The van der Waals surface area contributed by atoms with Gasteiger partial charge in [0.1, 0.15) is 10.6 Å². The Hall–Kier alpha value is -2.14. The van der Waals surface area contributed by atoms with Crippen LogP contribution in [0.1, 0.15) is 38.1 Å². The van der Waals surface area contributed by atoms with Crippen molar-refractivity contribution in [3.63, 3.8) is 0 Å². The van der Waals surface area contributed by atoms with E-state index in [0.29, 0.717) is 10.6 Å². The molecule has 0 unspecified atom stereocenters. The van der Waals surface area contributed by atoms with Crippen LogP contribution in [-0.4, -0.2) is 18.5 Å². The Morgan fingerprint density at radius 1 is 1.17 bits per heavy atom. The molecule has 0 atom stereocenters. The molecule has 1 heterocycles. The number of esters is 1. The van der Waals surface area contributed by atoms with E-state index >= 15 is 0 Å². The maximum atomic E-state index is 12.4. The van der Waals surface area contributed by atoms with Crippen molar-refractivity contribution in [1.29, 1.82) is 0 Å². The lowest BCUT2D eigenvalue weighted by molar-refractivity contribution is -0.123. The summed E-state index contributed by atoms with van der Waals surface area (Å²) in [5, 5.41) is 5.26. The molecule has 2 rings (SSSR count). The molecule has 0 radical (unpaired) electrons. The highest BCUT2D eigenvalue weighted by atomic mass is 32.1. The van der Waals surface area contributed by atoms with Crippen molar-refractivity contribution in [3.8, 4) is 11.1 Å². The van der Waals surface area contributed by atoms with Gasteiger partial charge in [0.05, 0.1) is 6.61 Å². The Morgan fingerprint density at radius 3 is 2.39 bits per heavy atom. The molecule has 0 aliphatic rings. The quantitative estimate of drug-likeness (QED) is 0.835. The van der Waals surface area contributed by atoms with E-state index in [0.717, 1.165) is 11.1 Å². The number of hydrogen-bond acceptors (Lipinski definition) is 4. The van der Waals surface area contributed by atoms with E-state index in [1.165, 1.54) is 11.3 Å². The van der Waals surface area contributed by atoms with Crippen LogP contribution in [0.4, 0.5) is 5.00 Å². The first-order chi connectivity index (χ1) is 10.8. The number of rotatable bonds is 4. The van der Waals surface area contributed by atoms with Crippen LogP contribution >= 0.6 is 11.3 Å². The third-order valence-electron chi connectivity index (χ3n) is 3.26. The molecule has 0 fully saturated rings. The minimum Gasteiger partial charge on any atom is -0.462 e. The molecule has 23 heavy (non-hydrogen) atoms. The number of anilines is 1. The first-order valence-corrected chi connectivity index (χ1v) is 8.38. The maximum absolute atomic E-state index is 12.4. The Bertz CT molecular complexity index is 699. The standard InChI is InChI=1S/C18H21NO3S/c1-5-22-16(20)14-13(12-9-7-6-8-10-12)11-23-15(14)19-17(21)18(2,3)4/h6-11H,5H2,1-4H3,(H,19,21). The summed E-state index contributed by atoms with van der Waals surface area (Å²) in [4.78, 5) is 24.6. The van der Waals surface area contributed by atoms with Crippen LogP contribution in [0.25, 0.3) is 11.1 Å². The Labute approximate surface area is 140 Å². The molecule has 0 spiro atoms. The van der Waals surface area contributed by atoms with E-state index in [-0.39, 0.29) is 12.5 Å². The molecule has 4 nitrogen and oxygen atoms in total. The number of carbonyl (C=O) groups is 2. The van der Waals surface area contributed by atoms with E-state index < -0.39 is 11.4 Å². The van der Waals surface area contributed by atoms with Gasteiger partial charge in [-0.25, -0.2) is 4.79 Å². The molecule has 0 bridgehead atoms.